The van der Waals surface area contributed by atoms with Crippen molar-refractivity contribution in [2.45, 2.75) is 64.4 Å². The Labute approximate surface area is 190 Å². The van der Waals surface area contributed by atoms with Gasteiger partial charge in [-0.25, -0.2) is 0 Å². The number of nitrogens with zero attached hydrogens (tertiary/aromatic N) is 2. The lowest BCUT2D eigenvalue weighted by Crippen LogP contribution is -2.50. The van der Waals surface area contributed by atoms with Crippen molar-refractivity contribution >= 4 is 16.8 Å². The zero-order valence-electron chi connectivity index (χ0n) is 19.4. The number of aryl methyl sites for hydroxylation is 1. The fourth-order valence-electron chi connectivity index (χ4n) is 5.64. The van der Waals surface area contributed by atoms with E-state index in [0.717, 1.165) is 11.9 Å². The molecule has 5 heteroatoms. The third-order valence-electron chi connectivity index (χ3n) is 7.47. The van der Waals surface area contributed by atoms with Gasteiger partial charge < -0.3 is 15.0 Å². The summed E-state index contributed by atoms with van der Waals surface area (Å²) in [5.74, 6) is -0.370. The Bertz CT molecular complexity index is 1170. The van der Waals surface area contributed by atoms with Gasteiger partial charge in [0, 0.05) is 46.6 Å². The summed E-state index contributed by atoms with van der Waals surface area (Å²) in [5, 5.41) is 16.2. The lowest BCUT2D eigenvalue weighted by Gasteiger charge is -2.35. The lowest BCUT2D eigenvalue weighted by molar-refractivity contribution is -0.133. The van der Waals surface area contributed by atoms with Crippen molar-refractivity contribution in [3.63, 3.8) is 0 Å². The van der Waals surface area contributed by atoms with Crippen LogP contribution in [0.2, 0.25) is 0 Å². The number of likely N-dealkylation sites (N-methyl/N-ethyl adjacent to an activating group) is 1. The van der Waals surface area contributed by atoms with Crippen molar-refractivity contribution in [3.8, 4) is 0 Å². The van der Waals surface area contributed by atoms with Crippen LogP contribution in [-0.2, 0) is 23.5 Å². The first-order valence-electron chi connectivity index (χ1n) is 11.7. The number of hydrogen-bond acceptors (Lipinski definition) is 3. The molecule has 2 aliphatic heterocycles. The highest BCUT2D eigenvalue weighted by molar-refractivity contribution is 5.87. The Morgan fingerprint density at radius 2 is 1.94 bits per heavy atom. The maximum Gasteiger partial charge on any atom is 0.225 e. The maximum absolute atomic E-state index is 12.7. The fourth-order valence-corrected chi connectivity index (χ4v) is 5.64. The van der Waals surface area contributed by atoms with E-state index in [9.17, 15) is 9.90 Å². The Morgan fingerprint density at radius 1 is 1.19 bits per heavy atom. The first kappa shape index (κ1) is 21.2. The second-order valence-electron chi connectivity index (χ2n) is 9.95. The normalized spacial score (nSPS) is 22.2. The number of hydrogen-bond donors (Lipinski definition) is 2. The first-order chi connectivity index (χ1) is 15.3. The number of benzene rings is 2. The molecule has 1 saturated heterocycles. The third kappa shape index (κ3) is 3.35. The minimum absolute atomic E-state index is 0.155. The van der Waals surface area contributed by atoms with E-state index in [2.05, 4.69) is 47.0 Å². The van der Waals surface area contributed by atoms with Gasteiger partial charge >= 0.3 is 0 Å². The molecule has 2 N–H and O–H groups in total. The molecule has 1 aromatic heterocycles. The predicted octanol–water partition coefficient (Wildman–Crippen LogP) is 4.26. The zero-order valence-corrected chi connectivity index (χ0v) is 19.4. The molecular formula is C27H33N3O2. The van der Waals surface area contributed by atoms with E-state index in [1.807, 2.05) is 44.2 Å². The van der Waals surface area contributed by atoms with Crippen LogP contribution in [0.3, 0.4) is 0 Å². The highest BCUT2D eigenvalue weighted by Crippen LogP contribution is 2.47. The van der Waals surface area contributed by atoms with Gasteiger partial charge in [-0.2, -0.15) is 0 Å². The molecule has 0 spiro atoms. The van der Waals surface area contributed by atoms with Crippen LogP contribution < -0.4 is 5.32 Å². The van der Waals surface area contributed by atoms with Gasteiger partial charge in [0.05, 0.1) is 6.54 Å². The van der Waals surface area contributed by atoms with Gasteiger partial charge in [-0.15, -0.1) is 0 Å². The Hall–Kier alpha value is -2.63. The molecule has 5 nitrogen and oxygen atoms in total. The van der Waals surface area contributed by atoms with Gasteiger partial charge in [0.2, 0.25) is 5.91 Å². The van der Waals surface area contributed by atoms with Gasteiger partial charge in [0.25, 0.3) is 0 Å². The molecule has 5 rings (SSSR count). The monoisotopic (exact) mass is 431 g/mol. The lowest BCUT2D eigenvalue weighted by atomic mass is 9.96. The molecule has 3 atom stereocenters. The van der Waals surface area contributed by atoms with Gasteiger partial charge in [0.15, 0.2) is 5.72 Å². The number of amides is 1. The van der Waals surface area contributed by atoms with Gasteiger partial charge in [-0.3, -0.25) is 9.69 Å². The molecule has 3 aromatic rings. The number of carbonyl (C=O) groups is 1. The molecule has 0 radical (unpaired) electrons. The molecular weight excluding hydrogens is 398 g/mol. The van der Waals surface area contributed by atoms with Crippen LogP contribution in [0.15, 0.2) is 48.5 Å². The summed E-state index contributed by atoms with van der Waals surface area (Å²) in [6.45, 7) is 6.12. The van der Waals surface area contributed by atoms with Gasteiger partial charge in [0.1, 0.15) is 0 Å². The molecule has 3 heterocycles. The third-order valence-corrected chi connectivity index (χ3v) is 7.47. The molecule has 0 aliphatic carbocycles. The van der Waals surface area contributed by atoms with Crippen molar-refractivity contribution in [2.24, 2.45) is 5.92 Å². The Kier molecular flexibility index (Phi) is 5.14. The molecule has 3 unspecified atom stereocenters. The van der Waals surface area contributed by atoms with E-state index in [1.165, 1.54) is 35.0 Å². The second kappa shape index (κ2) is 7.75. The minimum atomic E-state index is -1.49. The summed E-state index contributed by atoms with van der Waals surface area (Å²) in [7, 11) is 2.24. The van der Waals surface area contributed by atoms with Crippen LogP contribution in [0.1, 0.15) is 55.1 Å². The van der Waals surface area contributed by atoms with E-state index < -0.39 is 5.72 Å². The van der Waals surface area contributed by atoms with Crippen LogP contribution >= 0.6 is 0 Å². The summed E-state index contributed by atoms with van der Waals surface area (Å²) < 4.78 is 2.27. The summed E-state index contributed by atoms with van der Waals surface area (Å²) >= 11 is 0. The number of aliphatic hydroxyl groups is 1. The highest BCUT2D eigenvalue weighted by atomic mass is 16.3. The van der Waals surface area contributed by atoms with Crippen LogP contribution in [0.25, 0.3) is 10.9 Å². The second-order valence-corrected chi connectivity index (χ2v) is 9.95. The molecule has 2 bridgehead atoms. The number of aromatic nitrogens is 1. The topological polar surface area (TPSA) is 57.5 Å². The minimum Gasteiger partial charge on any atom is -0.365 e. The van der Waals surface area contributed by atoms with E-state index >= 15 is 0 Å². The molecule has 2 aliphatic rings. The van der Waals surface area contributed by atoms with E-state index in [1.54, 1.807) is 0 Å². The number of carbonyl (C=O) groups excluding carboxylic acids is 1. The van der Waals surface area contributed by atoms with E-state index in [-0.39, 0.29) is 18.4 Å². The van der Waals surface area contributed by atoms with Crippen molar-refractivity contribution in [1.82, 2.24) is 14.8 Å². The maximum atomic E-state index is 12.7. The van der Waals surface area contributed by atoms with Crippen molar-refractivity contribution in [1.29, 1.82) is 0 Å². The van der Waals surface area contributed by atoms with E-state index in [4.69, 9.17) is 0 Å². The number of rotatable bonds is 5. The summed E-state index contributed by atoms with van der Waals surface area (Å²) in [6, 6.07) is 17.1. The first-order valence-corrected chi connectivity index (χ1v) is 11.7. The Balaban J connectivity index is 1.67. The smallest absolute Gasteiger partial charge is 0.225 e. The van der Waals surface area contributed by atoms with E-state index in [0.29, 0.717) is 17.6 Å². The fraction of sp³-hybridized carbons (Fsp3) is 0.444. The largest absolute Gasteiger partial charge is 0.365 e. The van der Waals surface area contributed by atoms with Gasteiger partial charge in [-0.1, -0.05) is 55.8 Å². The van der Waals surface area contributed by atoms with Crippen LogP contribution in [0, 0.1) is 12.8 Å². The van der Waals surface area contributed by atoms with Crippen LogP contribution in [-0.4, -0.2) is 33.6 Å². The van der Waals surface area contributed by atoms with Crippen molar-refractivity contribution in [3.05, 3.63) is 70.9 Å². The summed E-state index contributed by atoms with van der Waals surface area (Å²) in [5.41, 5.74) is 4.30. The van der Waals surface area contributed by atoms with Gasteiger partial charge in [-0.05, 0) is 44.5 Å². The average molecular weight is 432 g/mol. The highest BCUT2D eigenvalue weighted by Gasteiger charge is 2.42. The van der Waals surface area contributed by atoms with Crippen molar-refractivity contribution in [2.75, 3.05) is 7.05 Å². The number of nitrogens with one attached hydrogen (secondary N) is 1. The molecule has 1 fully saturated rings. The molecule has 1 amide bonds. The molecule has 2 aromatic carbocycles. The SMILES string of the molecule is Cc1ccc2c(c1)c1c(n2CC(O)(NC(=O)C(C)C)c2ccccc2)CC2CCC1N2C. The van der Waals surface area contributed by atoms with Crippen LogP contribution in [0.5, 0.6) is 0 Å². The average Bonchev–Trinajstić information content (AvgIpc) is 3.17. The molecule has 32 heavy (non-hydrogen) atoms. The molecule has 0 saturated carbocycles. The van der Waals surface area contributed by atoms with Crippen molar-refractivity contribution < 1.29 is 9.90 Å². The Morgan fingerprint density at radius 3 is 2.66 bits per heavy atom. The molecule has 168 valence electrons. The predicted molar refractivity (Wildman–Crippen MR) is 127 cm³/mol. The van der Waals surface area contributed by atoms with Crippen LogP contribution in [0.4, 0.5) is 0 Å². The zero-order chi connectivity index (χ0) is 22.6. The summed E-state index contributed by atoms with van der Waals surface area (Å²) in [4.78, 5) is 15.3. The standard InChI is InChI=1S/C27H33N3O2/c1-17(2)26(31)28-27(32,19-8-6-5-7-9-19)16-30-22-12-10-18(3)14-21(22)25-23-13-11-20(29(23)4)15-24(25)30/h5-10,12,14,17,20,23,32H,11,13,15-16H2,1-4H3,(H,28,31). The summed E-state index contributed by atoms with van der Waals surface area (Å²) in [6.07, 6.45) is 3.35. The number of fused-ring (bicyclic) bond motifs is 6. The quantitative estimate of drug-likeness (QED) is 0.594.